The number of benzene rings is 1. The first-order valence-electron chi connectivity index (χ1n) is 8.29. The Bertz CT molecular complexity index is 796. The van der Waals surface area contributed by atoms with Crippen LogP contribution in [-0.4, -0.2) is 58.3 Å². The molecule has 0 N–H and O–H groups in total. The molecule has 3 heterocycles. The first kappa shape index (κ1) is 16.4. The normalized spacial score (nSPS) is 24.1. The Labute approximate surface area is 150 Å². The Morgan fingerprint density at radius 2 is 2.16 bits per heavy atom. The van der Waals surface area contributed by atoms with Crippen LogP contribution in [0.25, 0.3) is 11.4 Å². The van der Waals surface area contributed by atoms with Gasteiger partial charge in [0.2, 0.25) is 11.7 Å². The molecule has 1 aromatic carbocycles. The lowest BCUT2D eigenvalue weighted by Crippen LogP contribution is -2.50. The third kappa shape index (κ3) is 3.21. The first-order chi connectivity index (χ1) is 12.0. The molecule has 2 aliphatic rings. The Morgan fingerprint density at radius 1 is 1.32 bits per heavy atom. The molecule has 2 aromatic rings. The number of ether oxygens (including phenoxy) is 1. The molecule has 0 unspecified atom stereocenters. The average molecular weight is 363 g/mol. The van der Waals surface area contributed by atoms with Crippen LogP contribution in [0.4, 0.5) is 4.79 Å². The van der Waals surface area contributed by atoms with Crippen LogP contribution >= 0.6 is 11.6 Å². The third-order valence-electron chi connectivity index (χ3n) is 4.70. The minimum atomic E-state index is -0.421. The molecule has 4 rings (SSSR count). The van der Waals surface area contributed by atoms with E-state index < -0.39 is 5.60 Å². The van der Waals surface area contributed by atoms with Gasteiger partial charge >= 0.3 is 6.09 Å². The average Bonchev–Trinajstić information content (AvgIpc) is 3.13. The fourth-order valence-electron chi connectivity index (χ4n) is 3.59. The first-order valence-corrected chi connectivity index (χ1v) is 8.66. The van der Waals surface area contributed by atoms with Gasteiger partial charge in [-0.1, -0.05) is 28.9 Å². The predicted molar refractivity (Wildman–Crippen MR) is 91.1 cm³/mol. The summed E-state index contributed by atoms with van der Waals surface area (Å²) in [5.41, 5.74) is 0.330. The summed E-state index contributed by atoms with van der Waals surface area (Å²) in [5, 5.41) is 4.63. The molecular formula is C17H19ClN4O3. The van der Waals surface area contributed by atoms with Crippen LogP contribution in [0.15, 0.2) is 28.8 Å². The maximum atomic E-state index is 11.7. The quantitative estimate of drug-likeness (QED) is 0.836. The summed E-state index contributed by atoms with van der Waals surface area (Å²) in [7, 11) is 1.77. The number of piperidine rings is 1. The van der Waals surface area contributed by atoms with Crippen LogP contribution in [0.3, 0.4) is 0 Å². The van der Waals surface area contributed by atoms with E-state index in [1.54, 1.807) is 18.0 Å². The zero-order chi connectivity index (χ0) is 17.4. The van der Waals surface area contributed by atoms with Crippen LogP contribution in [-0.2, 0) is 11.3 Å². The monoisotopic (exact) mass is 362 g/mol. The maximum absolute atomic E-state index is 11.7. The second-order valence-corrected chi connectivity index (χ2v) is 7.12. The van der Waals surface area contributed by atoms with Gasteiger partial charge in [-0.15, -0.1) is 0 Å². The molecule has 132 valence electrons. The molecule has 8 heteroatoms. The molecule has 1 amide bonds. The zero-order valence-electron chi connectivity index (χ0n) is 13.9. The van der Waals surface area contributed by atoms with Crippen molar-refractivity contribution in [2.75, 3.05) is 26.7 Å². The van der Waals surface area contributed by atoms with Crippen molar-refractivity contribution >= 4 is 17.7 Å². The number of hydrogen-bond donors (Lipinski definition) is 0. The fraction of sp³-hybridized carbons (Fsp3) is 0.471. The molecule has 2 fully saturated rings. The van der Waals surface area contributed by atoms with Gasteiger partial charge in [-0.05, 0) is 31.5 Å². The van der Waals surface area contributed by atoms with Crippen LogP contribution in [0.1, 0.15) is 18.7 Å². The summed E-state index contributed by atoms with van der Waals surface area (Å²) in [6.07, 6.45) is 1.60. The van der Waals surface area contributed by atoms with E-state index in [0.29, 0.717) is 36.4 Å². The highest BCUT2D eigenvalue weighted by Gasteiger charge is 2.46. The van der Waals surface area contributed by atoms with Gasteiger partial charge in [-0.25, -0.2) is 4.79 Å². The number of likely N-dealkylation sites (N-methyl/N-ethyl adjacent to an activating group) is 1. The van der Waals surface area contributed by atoms with E-state index in [4.69, 9.17) is 20.9 Å². The van der Waals surface area contributed by atoms with Crippen molar-refractivity contribution in [2.45, 2.75) is 25.0 Å². The summed E-state index contributed by atoms with van der Waals surface area (Å²) in [6.45, 7) is 2.73. The maximum Gasteiger partial charge on any atom is 0.410 e. The second-order valence-electron chi connectivity index (χ2n) is 6.71. The Hall–Kier alpha value is -2.12. The van der Waals surface area contributed by atoms with Crippen LogP contribution in [0, 0.1) is 0 Å². The van der Waals surface area contributed by atoms with E-state index >= 15 is 0 Å². The van der Waals surface area contributed by atoms with Gasteiger partial charge in [0.05, 0.1) is 18.1 Å². The smallest absolute Gasteiger partial charge is 0.410 e. The van der Waals surface area contributed by atoms with Crippen molar-refractivity contribution in [2.24, 2.45) is 0 Å². The van der Waals surface area contributed by atoms with Crippen molar-refractivity contribution < 1.29 is 14.1 Å². The lowest BCUT2D eigenvalue weighted by atomic mass is 9.93. The van der Waals surface area contributed by atoms with E-state index in [2.05, 4.69) is 15.0 Å². The molecule has 0 bridgehead atoms. The van der Waals surface area contributed by atoms with E-state index in [-0.39, 0.29) is 6.09 Å². The number of rotatable bonds is 3. The molecule has 1 aromatic heterocycles. The summed E-state index contributed by atoms with van der Waals surface area (Å²) < 4.78 is 11.0. The van der Waals surface area contributed by atoms with Gasteiger partial charge in [-0.2, -0.15) is 4.98 Å². The van der Waals surface area contributed by atoms with E-state index in [1.165, 1.54) is 0 Å². The van der Waals surface area contributed by atoms with Crippen molar-refractivity contribution in [1.82, 2.24) is 19.9 Å². The SMILES string of the molecule is CN1C[C@]2(CCCN(Cc3nc(-c4ccccc4Cl)no3)C2)OC1=O. The highest BCUT2D eigenvalue weighted by molar-refractivity contribution is 6.33. The van der Waals surface area contributed by atoms with Gasteiger partial charge in [0.1, 0.15) is 5.60 Å². The topological polar surface area (TPSA) is 71.7 Å². The number of likely N-dealkylation sites (tertiary alicyclic amines) is 1. The zero-order valence-corrected chi connectivity index (χ0v) is 14.7. The Morgan fingerprint density at radius 3 is 2.92 bits per heavy atom. The van der Waals surface area contributed by atoms with Crippen molar-refractivity contribution in [3.63, 3.8) is 0 Å². The highest BCUT2D eigenvalue weighted by Crippen LogP contribution is 2.32. The van der Waals surface area contributed by atoms with Crippen molar-refractivity contribution in [3.8, 4) is 11.4 Å². The summed E-state index contributed by atoms with van der Waals surface area (Å²) in [5.74, 6) is 1.02. The number of nitrogens with zero attached hydrogens (tertiary/aromatic N) is 4. The fourth-order valence-corrected chi connectivity index (χ4v) is 3.81. The van der Waals surface area contributed by atoms with Gasteiger partial charge < -0.3 is 14.2 Å². The minimum Gasteiger partial charge on any atom is -0.440 e. The number of amides is 1. The lowest BCUT2D eigenvalue weighted by molar-refractivity contribution is -0.0139. The Kier molecular flexibility index (Phi) is 4.13. The third-order valence-corrected chi connectivity index (χ3v) is 5.03. The summed E-state index contributed by atoms with van der Waals surface area (Å²) >= 11 is 6.18. The largest absolute Gasteiger partial charge is 0.440 e. The molecule has 1 spiro atoms. The van der Waals surface area contributed by atoms with Crippen LogP contribution < -0.4 is 0 Å². The molecule has 2 saturated heterocycles. The standard InChI is InChI=1S/C17H19ClN4O3/c1-21-10-17(24-16(21)23)7-4-8-22(11-17)9-14-19-15(20-25-14)12-5-2-3-6-13(12)18/h2-3,5-6H,4,7-11H2,1H3/t17-/m0/s1. The lowest BCUT2D eigenvalue weighted by Gasteiger charge is -2.37. The van der Waals surface area contributed by atoms with E-state index in [9.17, 15) is 4.79 Å². The number of carbonyl (C=O) groups is 1. The van der Waals surface area contributed by atoms with Gasteiger partial charge in [-0.3, -0.25) is 4.90 Å². The van der Waals surface area contributed by atoms with E-state index in [1.807, 2.05) is 18.2 Å². The molecule has 0 radical (unpaired) electrons. The number of carbonyl (C=O) groups excluding carboxylic acids is 1. The molecule has 0 saturated carbocycles. The predicted octanol–water partition coefficient (Wildman–Crippen LogP) is 2.81. The van der Waals surface area contributed by atoms with Gasteiger partial charge in [0, 0.05) is 19.2 Å². The second kappa shape index (κ2) is 6.31. The number of hydrogen-bond acceptors (Lipinski definition) is 6. The highest BCUT2D eigenvalue weighted by atomic mass is 35.5. The number of aromatic nitrogens is 2. The Balaban J connectivity index is 1.46. The number of halogens is 1. The molecule has 7 nitrogen and oxygen atoms in total. The van der Waals surface area contributed by atoms with Gasteiger partial charge in [0.25, 0.3) is 0 Å². The minimum absolute atomic E-state index is 0.249. The molecule has 2 aliphatic heterocycles. The van der Waals surface area contributed by atoms with E-state index in [0.717, 1.165) is 24.9 Å². The summed E-state index contributed by atoms with van der Waals surface area (Å²) in [4.78, 5) is 20.0. The van der Waals surface area contributed by atoms with Gasteiger partial charge in [0.15, 0.2) is 0 Å². The molecule has 0 aliphatic carbocycles. The van der Waals surface area contributed by atoms with Crippen molar-refractivity contribution in [3.05, 3.63) is 35.2 Å². The molecule has 1 atom stereocenters. The van der Waals surface area contributed by atoms with Crippen LogP contribution in [0.2, 0.25) is 5.02 Å². The van der Waals surface area contributed by atoms with Crippen molar-refractivity contribution in [1.29, 1.82) is 0 Å². The molecular weight excluding hydrogens is 344 g/mol. The van der Waals surface area contributed by atoms with Crippen LogP contribution in [0.5, 0.6) is 0 Å². The molecule has 25 heavy (non-hydrogen) atoms. The summed E-state index contributed by atoms with van der Waals surface area (Å²) in [6, 6.07) is 7.41.